The summed E-state index contributed by atoms with van der Waals surface area (Å²) in [6, 6.07) is 8.11. The third-order valence-electron chi connectivity index (χ3n) is 5.47. The van der Waals surface area contributed by atoms with Crippen LogP contribution < -0.4 is 10.6 Å². The number of aliphatic hydroxyl groups is 1. The number of methoxy groups -OCH3 is 1. The van der Waals surface area contributed by atoms with Crippen LogP contribution in [0, 0.1) is 0 Å². The van der Waals surface area contributed by atoms with E-state index in [0.29, 0.717) is 0 Å². The number of rotatable bonds is 8. The third kappa shape index (κ3) is 3.17. The Labute approximate surface area is 169 Å². The van der Waals surface area contributed by atoms with Crippen molar-refractivity contribution in [3.8, 4) is 0 Å². The second-order valence-electron chi connectivity index (χ2n) is 7.24. The summed E-state index contributed by atoms with van der Waals surface area (Å²) in [6.45, 7) is 4.57. The van der Waals surface area contributed by atoms with Crippen LogP contribution in [-0.2, 0) is 19.1 Å². The van der Waals surface area contributed by atoms with Gasteiger partial charge in [-0.15, -0.1) is 0 Å². The van der Waals surface area contributed by atoms with Gasteiger partial charge in [0.15, 0.2) is 6.10 Å². The molecule has 3 N–H and O–H groups in total. The van der Waals surface area contributed by atoms with Crippen molar-refractivity contribution < 1.29 is 29.0 Å². The van der Waals surface area contributed by atoms with Crippen molar-refractivity contribution >= 4 is 17.5 Å². The number of ether oxygens (including phenoxy) is 2. The number of Topliss-reactive ketones (excluding diaryl/α,β-unsaturated/α-hetero) is 2. The zero-order chi connectivity index (χ0) is 21.2. The van der Waals surface area contributed by atoms with E-state index in [4.69, 9.17) is 9.47 Å². The molecule has 0 saturated carbocycles. The first-order chi connectivity index (χ1) is 13.8. The summed E-state index contributed by atoms with van der Waals surface area (Å²) in [6.07, 6.45) is 0.0940. The summed E-state index contributed by atoms with van der Waals surface area (Å²) in [5, 5.41) is 16.6. The fourth-order valence-corrected chi connectivity index (χ4v) is 3.70. The first-order valence-electron chi connectivity index (χ1n) is 9.65. The Morgan fingerprint density at radius 1 is 1.31 bits per heavy atom. The van der Waals surface area contributed by atoms with E-state index in [2.05, 4.69) is 17.6 Å². The summed E-state index contributed by atoms with van der Waals surface area (Å²) in [5.41, 5.74) is -3.91. The van der Waals surface area contributed by atoms with E-state index in [9.17, 15) is 19.5 Å². The maximum absolute atomic E-state index is 13.1. The largest absolute Gasteiger partial charge is 0.469 e. The van der Waals surface area contributed by atoms with Gasteiger partial charge in [0, 0.05) is 18.2 Å². The molecule has 1 aromatic rings. The zero-order valence-electron chi connectivity index (χ0n) is 16.8. The van der Waals surface area contributed by atoms with Crippen LogP contribution in [0.2, 0.25) is 0 Å². The lowest BCUT2D eigenvalue weighted by molar-refractivity contribution is -0.160. The Hall–Kier alpha value is -2.55. The van der Waals surface area contributed by atoms with Crippen LogP contribution in [-0.4, -0.2) is 60.2 Å². The minimum Gasteiger partial charge on any atom is -0.469 e. The minimum atomic E-state index is -2.24. The lowest BCUT2D eigenvalue weighted by Crippen LogP contribution is -2.60. The molecular formula is C21H26N2O6. The van der Waals surface area contributed by atoms with Crippen molar-refractivity contribution in [1.29, 1.82) is 0 Å². The van der Waals surface area contributed by atoms with Gasteiger partial charge in [-0.2, -0.15) is 0 Å². The van der Waals surface area contributed by atoms with E-state index in [1.807, 2.05) is 0 Å². The zero-order valence-corrected chi connectivity index (χ0v) is 16.8. The van der Waals surface area contributed by atoms with Gasteiger partial charge in [-0.3, -0.25) is 14.4 Å². The molecule has 1 fully saturated rings. The molecular weight excluding hydrogens is 376 g/mol. The molecule has 3 atom stereocenters. The Balaban J connectivity index is 1.91. The van der Waals surface area contributed by atoms with Gasteiger partial charge in [-0.05, 0) is 19.9 Å². The molecule has 29 heavy (non-hydrogen) atoms. The van der Waals surface area contributed by atoms with Gasteiger partial charge in [0.25, 0.3) is 11.5 Å². The van der Waals surface area contributed by atoms with Crippen LogP contribution in [0.25, 0.3) is 0 Å². The quantitative estimate of drug-likeness (QED) is 0.333. The highest BCUT2D eigenvalue weighted by Crippen LogP contribution is 2.43. The van der Waals surface area contributed by atoms with Gasteiger partial charge in [-0.1, -0.05) is 43.7 Å². The standard InChI is InChI=1S/C21H26N2O6/c1-4-5-11-22-12-15-13(2)16(24)20(29-15)18(26)21(28-3,23-19(20)27)17(25)14-9-7-6-8-10-14/h6-10,18,22,26H,4-5,11-12H2,1-3H3,(H,23,27)/t18-,20-,21-/m1/s1. The number of nitrogens with one attached hydrogen (secondary N) is 2. The maximum atomic E-state index is 13.1. The predicted molar refractivity (Wildman–Crippen MR) is 104 cm³/mol. The van der Waals surface area contributed by atoms with E-state index in [0.717, 1.165) is 19.4 Å². The molecule has 0 unspecified atom stereocenters. The highest BCUT2D eigenvalue weighted by atomic mass is 16.6. The highest BCUT2D eigenvalue weighted by molar-refractivity contribution is 6.23. The molecule has 2 aliphatic heterocycles. The van der Waals surface area contributed by atoms with Crippen LogP contribution in [0.15, 0.2) is 41.7 Å². The predicted octanol–water partition coefficient (Wildman–Crippen LogP) is 0.704. The number of hydrogen-bond acceptors (Lipinski definition) is 7. The van der Waals surface area contributed by atoms with E-state index < -0.39 is 34.9 Å². The van der Waals surface area contributed by atoms with Gasteiger partial charge in [-0.25, -0.2) is 0 Å². The van der Waals surface area contributed by atoms with Crippen LogP contribution in [0.3, 0.4) is 0 Å². The Kier molecular flexibility index (Phi) is 5.88. The Morgan fingerprint density at radius 2 is 2.00 bits per heavy atom. The highest BCUT2D eigenvalue weighted by Gasteiger charge is 2.73. The summed E-state index contributed by atoms with van der Waals surface area (Å²) in [5.74, 6) is -1.96. The third-order valence-corrected chi connectivity index (χ3v) is 5.47. The van der Waals surface area contributed by atoms with E-state index in [-0.39, 0.29) is 23.4 Å². The SMILES string of the molecule is CCCCNCC1=C(C)C(=O)[C@]2(O1)C(=O)N[C@@](OC)(C(=O)c1ccccc1)[C@@H]2O. The fraction of sp³-hybridized carbons (Fsp3) is 0.476. The lowest BCUT2D eigenvalue weighted by atomic mass is 9.85. The van der Waals surface area contributed by atoms with Crippen molar-refractivity contribution in [1.82, 2.24) is 10.6 Å². The van der Waals surface area contributed by atoms with Crippen LogP contribution in [0.1, 0.15) is 37.0 Å². The normalized spacial score (nSPS) is 28.8. The van der Waals surface area contributed by atoms with E-state index in [1.165, 1.54) is 19.2 Å². The molecule has 8 nitrogen and oxygen atoms in total. The minimum absolute atomic E-state index is 0.224. The Bertz CT molecular complexity index is 852. The molecule has 1 aromatic carbocycles. The number of ketones is 2. The summed E-state index contributed by atoms with van der Waals surface area (Å²) in [7, 11) is 1.19. The van der Waals surface area contributed by atoms with Gasteiger partial charge in [0.2, 0.25) is 17.3 Å². The average molecular weight is 402 g/mol. The fourth-order valence-electron chi connectivity index (χ4n) is 3.70. The molecule has 3 rings (SSSR count). The molecule has 2 heterocycles. The molecule has 1 amide bonds. The smallest absolute Gasteiger partial charge is 0.278 e. The Morgan fingerprint density at radius 3 is 2.62 bits per heavy atom. The molecule has 1 spiro atoms. The number of carbonyl (C=O) groups is 3. The molecule has 156 valence electrons. The van der Waals surface area contributed by atoms with E-state index in [1.54, 1.807) is 25.1 Å². The van der Waals surface area contributed by atoms with E-state index >= 15 is 0 Å². The number of unbranched alkanes of at least 4 members (excludes halogenated alkanes) is 1. The van der Waals surface area contributed by atoms with Crippen LogP contribution in [0.5, 0.6) is 0 Å². The molecule has 1 saturated heterocycles. The van der Waals surface area contributed by atoms with Crippen molar-refractivity contribution in [2.45, 2.75) is 44.1 Å². The molecule has 0 radical (unpaired) electrons. The first-order valence-corrected chi connectivity index (χ1v) is 9.65. The lowest BCUT2D eigenvalue weighted by Gasteiger charge is -2.32. The number of carbonyl (C=O) groups excluding carboxylic acids is 3. The molecule has 0 aliphatic carbocycles. The first kappa shape index (κ1) is 21.2. The molecule has 2 aliphatic rings. The number of aliphatic hydroxyl groups excluding tert-OH is 1. The molecule has 8 heteroatoms. The molecule has 0 aromatic heterocycles. The second kappa shape index (κ2) is 8.06. The number of benzene rings is 1. The van der Waals surface area contributed by atoms with Crippen molar-refractivity contribution in [3.63, 3.8) is 0 Å². The van der Waals surface area contributed by atoms with Crippen LogP contribution in [0.4, 0.5) is 0 Å². The van der Waals surface area contributed by atoms with Crippen LogP contribution >= 0.6 is 0 Å². The average Bonchev–Trinajstić information content (AvgIpc) is 3.13. The summed E-state index contributed by atoms with van der Waals surface area (Å²) >= 11 is 0. The number of amides is 1. The topological polar surface area (TPSA) is 114 Å². The monoisotopic (exact) mass is 402 g/mol. The van der Waals surface area contributed by atoms with Crippen molar-refractivity contribution in [2.24, 2.45) is 0 Å². The van der Waals surface area contributed by atoms with Gasteiger partial charge >= 0.3 is 0 Å². The van der Waals surface area contributed by atoms with Crippen molar-refractivity contribution in [3.05, 3.63) is 47.2 Å². The summed E-state index contributed by atoms with van der Waals surface area (Å²) < 4.78 is 11.1. The second-order valence-corrected chi connectivity index (χ2v) is 7.24. The number of hydrogen-bond donors (Lipinski definition) is 3. The molecule has 0 bridgehead atoms. The van der Waals surface area contributed by atoms with Gasteiger partial charge in [0.1, 0.15) is 5.76 Å². The van der Waals surface area contributed by atoms with Gasteiger partial charge < -0.3 is 25.2 Å². The maximum Gasteiger partial charge on any atom is 0.278 e. The van der Waals surface area contributed by atoms with Crippen molar-refractivity contribution in [2.75, 3.05) is 20.2 Å². The summed E-state index contributed by atoms with van der Waals surface area (Å²) in [4.78, 5) is 39.0. The van der Waals surface area contributed by atoms with Gasteiger partial charge in [0.05, 0.1) is 6.54 Å².